The number of carbonyl (C=O) groups excluding carboxylic acids is 3. The lowest BCUT2D eigenvalue weighted by atomic mass is 10.0. The first-order valence-corrected chi connectivity index (χ1v) is 27.7. The molecule has 0 aromatic rings. The van der Waals surface area contributed by atoms with E-state index in [9.17, 15) is 14.4 Å². The zero-order valence-electron chi connectivity index (χ0n) is 41.9. The van der Waals surface area contributed by atoms with Crippen LogP contribution in [0.3, 0.4) is 0 Å². The van der Waals surface area contributed by atoms with Crippen molar-refractivity contribution in [3.8, 4) is 0 Å². The zero-order chi connectivity index (χ0) is 45.1. The van der Waals surface area contributed by atoms with Crippen LogP contribution in [0.25, 0.3) is 0 Å². The van der Waals surface area contributed by atoms with Crippen LogP contribution in [0.1, 0.15) is 310 Å². The fourth-order valence-electron chi connectivity index (χ4n) is 8.32. The van der Waals surface area contributed by atoms with Gasteiger partial charge in [-0.05, 0) is 44.9 Å². The molecule has 0 aromatic heterocycles. The van der Waals surface area contributed by atoms with Crippen LogP contribution in [0, 0.1) is 0 Å². The summed E-state index contributed by atoms with van der Waals surface area (Å²) in [5.41, 5.74) is 0. The largest absolute Gasteiger partial charge is 0.462 e. The van der Waals surface area contributed by atoms with Crippen molar-refractivity contribution in [1.82, 2.24) is 0 Å². The third kappa shape index (κ3) is 49.2. The van der Waals surface area contributed by atoms with Gasteiger partial charge >= 0.3 is 17.9 Å². The molecule has 0 radical (unpaired) electrons. The van der Waals surface area contributed by atoms with Gasteiger partial charge in [0.05, 0.1) is 0 Å². The molecule has 1 atom stereocenters. The molecule has 0 amide bonds. The molecule has 0 bridgehead atoms. The minimum atomic E-state index is -0.767. The molecular formula is C56H106O6. The number of carbonyl (C=O) groups is 3. The van der Waals surface area contributed by atoms with Crippen molar-refractivity contribution in [2.45, 2.75) is 316 Å². The fourth-order valence-corrected chi connectivity index (χ4v) is 8.32. The Bertz CT molecular complexity index is 962. The topological polar surface area (TPSA) is 78.9 Å². The number of allylic oxidation sites excluding steroid dienone is 2. The highest BCUT2D eigenvalue weighted by Crippen LogP contribution is 2.17. The minimum absolute atomic E-state index is 0.0677. The molecule has 6 nitrogen and oxygen atoms in total. The van der Waals surface area contributed by atoms with E-state index in [-0.39, 0.29) is 31.1 Å². The lowest BCUT2D eigenvalue weighted by Gasteiger charge is -2.18. The SMILES string of the molecule is CCCCCC/C=C\CCCCCCCC(=O)O[C@H](COC(=O)CCCCCCCCCCCCCCC)COC(=O)CCCCCCCCCCCCCCCCCCCC. The van der Waals surface area contributed by atoms with Crippen molar-refractivity contribution in [2.24, 2.45) is 0 Å². The van der Waals surface area contributed by atoms with Crippen LogP contribution in [-0.4, -0.2) is 37.2 Å². The van der Waals surface area contributed by atoms with E-state index in [2.05, 4.69) is 32.9 Å². The Morgan fingerprint density at radius 2 is 0.532 bits per heavy atom. The molecule has 6 heteroatoms. The molecule has 0 saturated carbocycles. The van der Waals surface area contributed by atoms with Gasteiger partial charge in [-0.3, -0.25) is 14.4 Å². The van der Waals surface area contributed by atoms with Crippen molar-refractivity contribution in [2.75, 3.05) is 13.2 Å². The lowest BCUT2D eigenvalue weighted by Crippen LogP contribution is -2.30. The van der Waals surface area contributed by atoms with Crippen LogP contribution in [0.2, 0.25) is 0 Å². The Morgan fingerprint density at radius 3 is 0.823 bits per heavy atom. The van der Waals surface area contributed by atoms with Gasteiger partial charge in [-0.1, -0.05) is 258 Å². The quantitative estimate of drug-likeness (QED) is 0.0262. The van der Waals surface area contributed by atoms with Gasteiger partial charge in [0.1, 0.15) is 13.2 Å². The van der Waals surface area contributed by atoms with E-state index in [0.29, 0.717) is 19.3 Å². The van der Waals surface area contributed by atoms with Crippen molar-refractivity contribution in [3.63, 3.8) is 0 Å². The summed E-state index contributed by atoms with van der Waals surface area (Å²) in [6, 6.07) is 0. The molecule has 0 saturated heterocycles. The second-order valence-corrected chi connectivity index (χ2v) is 18.9. The first-order chi connectivity index (χ1) is 30.5. The highest BCUT2D eigenvalue weighted by Gasteiger charge is 2.19. The molecule has 0 aliphatic rings. The molecule has 62 heavy (non-hydrogen) atoms. The first kappa shape index (κ1) is 60.2. The predicted octanol–water partition coefficient (Wildman–Crippen LogP) is 18.2. The highest BCUT2D eigenvalue weighted by atomic mass is 16.6. The van der Waals surface area contributed by atoms with Crippen molar-refractivity contribution in [1.29, 1.82) is 0 Å². The molecule has 0 aliphatic carbocycles. The van der Waals surface area contributed by atoms with E-state index in [4.69, 9.17) is 14.2 Å². The van der Waals surface area contributed by atoms with E-state index in [1.165, 1.54) is 205 Å². The van der Waals surface area contributed by atoms with Gasteiger partial charge in [0.25, 0.3) is 0 Å². The molecule has 0 heterocycles. The van der Waals surface area contributed by atoms with Crippen molar-refractivity contribution < 1.29 is 28.6 Å². The van der Waals surface area contributed by atoms with Gasteiger partial charge in [-0.25, -0.2) is 0 Å². The standard InChI is InChI=1S/C56H106O6/c1-4-7-10-13-16-19-22-25-26-27-28-29-32-34-37-40-43-46-49-55(58)61-52-53(62-56(59)50-47-44-41-38-35-31-24-21-18-15-12-9-6-3)51-60-54(57)48-45-42-39-36-33-30-23-20-17-14-11-8-5-2/h21,24,53H,4-20,22-23,25-52H2,1-3H3/b24-21-/t53-/m1/s1. The molecule has 0 spiro atoms. The average molecular weight is 875 g/mol. The summed E-state index contributed by atoms with van der Waals surface area (Å²) >= 11 is 0. The van der Waals surface area contributed by atoms with Gasteiger partial charge in [0.15, 0.2) is 6.10 Å². The Labute approximate surface area is 386 Å². The third-order valence-electron chi connectivity index (χ3n) is 12.5. The number of esters is 3. The van der Waals surface area contributed by atoms with E-state index >= 15 is 0 Å². The van der Waals surface area contributed by atoms with E-state index in [0.717, 1.165) is 64.2 Å². The van der Waals surface area contributed by atoms with Gasteiger partial charge in [-0.2, -0.15) is 0 Å². The van der Waals surface area contributed by atoms with Crippen molar-refractivity contribution >= 4 is 17.9 Å². The van der Waals surface area contributed by atoms with E-state index < -0.39 is 6.10 Å². The van der Waals surface area contributed by atoms with Crippen LogP contribution < -0.4 is 0 Å². The second kappa shape index (κ2) is 51.8. The molecule has 0 aliphatic heterocycles. The minimum Gasteiger partial charge on any atom is -0.462 e. The van der Waals surface area contributed by atoms with Crippen molar-refractivity contribution in [3.05, 3.63) is 12.2 Å². The Hall–Kier alpha value is -1.85. The summed E-state index contributed by atoms with van der Waals surface area (Å²) in [5, 5.41) is 0. The van der Waals surface area contributed by atoms with E-state index in [1.54, 1.807) is 0 Å². The number of hydrogen-bond acceptors (Lipinski definition) is 6. The normalized spacial score (nSPS) is 12.0. The van der Waals surface area contributed by atoms with Crippen LogP contribution >= 0.6 is 0 Å². The smallest absolute Gasteiger partial charge is 0.306 e. The van der Waals surface area contributed by atoms with E-state index in [1.807, 2.05) is 0 Å². The number of hydrogen-bond donors (Lipinski definition) is 0. The fraction of sp³-hybridized carbons (Fsp3) is 0.911. The Morgan fingerprint density at radius 1 is 0.306 bits per heavy atom. The summed E-state index contributed by atoms with van der Waals surface area (Å²) in [6.07, 6.45) is 57.7. The molecule has 0 N–H and O–H groups in total. The lowest BCUT2D eigenvalue weighted by molar-refractivity contribution is -0.167. The molecule has 0 aromatic carbocycles. The summed E-state index contributed by atoms with van der Waals surface area (Å²) in [7, 11) is 0. The van der Waals surface area contributed by atoms with Gasteiger partial charge in [0.2, 0.25) is 0 Å². The monoisotopic (exact) mass is 875 g/mol. The maximum atomic E-state index is 12.8. The summed E-state index contributed by atoms with van der Waals surface area (Å²) < 4.78 is 16.8. The summed E-state index contributed by atoms with van der Waals surface area (Å²) in [5.74, 6) is -0.856. The molecule has 0 unspecified atom stereocenters. The predicted molar refractivity (Wildman–Crippen MR) is 266 cm³/mol. The Kier molecular flexibility index (Phi) is 50.2. The Balaban J connectivity index is 4.29. The van der Waals surface area contributed by atoms with Crippen LogP contribution in [0.5, 0.6) is 0 Å². The third-order valence-corrected chi connectivity index (χ3v) is 12.5. The summed E-state index contributed by atoms with van der Waals surface area (Å²) in [6.45, 7) is 6.66. The molecule has 0 rings (SSSR count). The van der Waals surface area contributed by atoms with Gasteiger partial charge in [-0.15, -0.1) is 0 Å². The average Bonchev–Trinajstić information content (AvgIpc) is 3.27. The number of unbranched alkanes of at least 4 members (excludes halogenated alkanes) is 38. The van der Waals surface area contributed by atoms with Gasteiger partial charge < -0.3 is 14.2 Å². The van der Waals surface area contributed by atoms with Crippen LogP contribution in [0.15, 0.2) is 12.2 Å². The molecule has 366 valence electrons. The highest BCUT2D eigenvalue weighted by molar-refractivity contribution is 5.71. The number of rotatable bonds is 51. The first-order valence-electron chi connectivity index (χ1n) is 27.7. The maximum absolute atomic E-state index is 12.8. The summed E-state index contributed by atoms with van der Waals surface area (Å²) in [4.78, 5) is 38.0. The number of ether oxygens (including phenoxy) is 3. The van der Waals surface area contributed by atoms with Gasteiger partial charge in [0, 0.05) is 19.3 Å². The second-order valence-electron chi connectivity index (χ2n) is 18.9. The molecular weight excluding hydrogens is 769 g/mol. The maximum Gasteiger partial charge on any atom is 0.306 e. The van der Waals surface area contributed by atoms with Crippen LogP contribution in [-0.2, 0) is 28.6 Å². The molecule has 0 fully saturated rings. The van der Waals surface area contributed by atoms with Crippen LogP contribution in [0.4, 0.5) is 0 Å². The zero-order valence-corrected chi connectivity index (χ0v) is 41.9.